The molecule has 1 unspecified atom stereocenters. The first kappa shape index (κ1) is 18.1. The van der Waals surface area contributed by atoms with E-state index in [1.807, 2.05) is 0 Å². The molecule has 1 N–H and O–H groups in total. The Morgan fingerprint density at radius 2 is 1.96 bits per heavy atom. The molecule has 1 aromatic rings. The molecule has 0 spiro atoms. The van der Waals surface area contributed by atoms with E-state index in [1.54, 1.807) is 13.0 Å². The number of hydrogen-bond donors (Lipinski definition) is 1. The van der Waals surface area contributed by atoms with Gasteiger partial charge in [0.25, 0.3) is 0 Å². The lowest BCUT2D eigenvalue weighted by Crippen LogP contribution is -2.51. The molecule has 0 aliphatic carbocycles. The van der Waals surface area contributed by atoms with Crippen molar-refractivity contribution >= 4 is 27.7 Å². The average Bonchev–Trinajstić information content (AvgIpc) is 2.52. The number of hydrogen-bond acceptors (Lipinski definition) is 4. The number of sulfone groups is 1. The van der Waals surface area contributed by atoms with Crippen LogP contribution in [0.25, 0.3) is 6.08 Å². The lowest BCUT2D eigenvalue weighted by atomic mass is 10.2. The molecule has 1 aromatic carbocycles. The van der Waals surface area contributed by atoms with Crippen LogP contribution in [0.4, 0.5) is 4.39 Å². The maximum Gasteiger partial charge on any atom is 0.244 e. The molecular formula is C16H19FN2O4S. The fourth-order valence-corrected chi connectivity index (χ4v) is 3.51. The maximum absolute atomic E-state index is 13.0. The molecule has 24 heavy (non-hydrogen) atoms. The number of amides is 2. The average molecular weight is 354 g/mol. The van der Waals surface area contributed by atoms with Gasteiger partial charge in [-0.1, -0.05) is 12.1 Å². The predicted molar refractivity (Wildman–Crippen MR) is 88.3 cm³/mol. The first-order valence-electron chi connectivity index (χ1n) is 7.50. The van der Waals surface area contributed by atoms with Gasteiger partial charge in [-0.05, 0) is 30.7 Å². The van der Waals surface area contributed by atoms with Gasteiger partial charge < -0.3 is 10.2 Å². The van der Waals surface area contributed by atoms with Crippen LogP contribution in [0.3, 0.4) is 0 Å². The third-order valence-corrected chi connectivity index (χ3v) is 5.27. The van der Waals surface area contributed by atoms with Gasteiger partial charge in [0.2, 0.25) is 11.8 Å². The molecule has 0 aromatic heterocycles. The molecule has 0 saturated carbocycles. The molecule has 1 aliphatic heterocycles. The van der Waals surface area contributed by atoms with Gasteiger partial charge in [0.1, 0.15) is 11.9 Å². The van der Waals surface area contributed by atoms with E-state index in [2.05, 4.69) is 5.32 Å². The van der Waals surface area contributed by atoms with Crippen molar-refractivity contribution in [1.82, 2.24) is 10.2 Å². The molecule has 8 heteroatoms. The summed E-state index contributed by atoms with van der Waals surface area (Å²) in [5, 5.41) is 2.52. The number of halogens is 1. The Morgan fingerprint density at radius 1 is 1.29 bits per heavy atom. The summed E-state index contributed by atoms with van der Waals surface area (Å²) in [6.45, 7) is 1.82. The Morgan fingerprint density at radius 3 is 2.58 bits per heavy atom. The summed E-state index contributed by atoms with van der Waals surface area (Å²) in [5.74, 6) is -1.32. The molecule has 1 atom stereocenters. The molecular weight excluding hydrogens is 335 g/mol. The molecule has 1 heterocycles. The minimum Gasteiger partial charge on any atom is -0.341 e. The summed E-state index contributed by atoms with van der Waals surface area (Å²) in [5.41, 5.74) is 0.533. The van der Waals surface area contributed by atoms with Gasteiger partial charge in [-0.25, -0.2) is 12.8 Å². The second-order valence-electron chi connectivity index (χ2n) is 5.60. The Balaban J connectivity index is 1.88. The zero-order chi connectivity index (χ0) is 17.7. The van der Waals surface area contributed by atoms with Crippen LogP contribution in [0, 0.1) is 5.82 Å². The fourth-order valence-electron chi connectivity index (χ4n) is 2.31. The highest BCUT2D eigenvalue weighted by atomic mass is 32.2. The fraction of sp³-hybridized carbons (Fsp3) is 0.375. The lowest BCUT2D eigenvalue weighted by molar-refractivity contribution is -0.134. The predicted octanol–water partition coefficient (Wildman–Crippen LogP) is 0.601. The molecule has 0 radical (unpaired) electrons. The highest BCUT2D eigenvalue weighted by Gasteiger charge is 2.28. The van der Waals surface area contributed by atoms with Crippen molar-refractivity contribution in [3.05, 3.63) is 41.7 Å². The molecule has 1 fully saturated rings. The second-order valence-corrected chi connectivity index (χ2v) is 7.90. The number of nitrogens with zero attached hydrogens (tertiary/aromatic N) is 1. The van der Waals surface area contributed by atoms with E-state index in [9.17, 15) is 22.4 Å². The third-order valence-electron chi connectivity index (χ3n) is 3.66. The standard InChI is InChI=1S/C16H19FN2O4S/c1-12(16(21)19-7-9-24(22,23)10-8-19)18-15(20)6-5-13-3-2-4-14(17)11-13/h2-6,11-12H,7-10H2,1H3,(H,18,20). The number of carbonyl (C=O) groups is 2. The number of carbonyl (C=O) groups excluding carboxylic acids is 2. The van der Waals surface area contributed by atoms with Crippen LogP contribution in [0.5, 0.6) is 0 Å². The normalized spacial score (nSPS) is 18.3. The van der Waals surface area contributed by atoms with E-state index < -0.39 is 27.6 Å². The van der Waals surface area contributed by atoms with Crippen LogP contribution in [0.15, 0.2) is 30.3 Å². The van der Waals surface area contributed by atoms with Gasteiger partial charge >= 0.3 is 0 Å². The van der Waals surface area contributed by atoms with Crippen molar-refractivity contribution in [1.29, 1.82) is 0 Å². The van der Waals surface area contributed by atoms with Crippen LogP contribution < -0.4 is 5.32 Å². The summed E-state index contributed by atoms with van der Waals surface area (Å²) in [6.07, 6.45) is 2.67. The second kappa shape index (κ2) is 7.57. The van der Waals surface area contributed by atoms with E-state index in [0.717, 1.165) is 0 Å². The van der Waals surface area contributed by atoms with Crippen molar-refractivity contribution in [3.63, 3.8) is 0 Å². The number of rotatable bonds is 4. The monoisotopic (exact) mass is 354 g/mol. The minimum absolute atomic E-state index is 0.0567. The lowest BCUT2D eigenvalue weighted by Gasteiger charge is -2.29. The van der Waals surface area contributed by atoms with E-state index >= 15 is 0 Å². The van der Waals surface area contributed by atoms with Crippen LogP contribution in [0.1, 0.15) is 12.5 Å². The molecule has 130 valence electrons. The van der Waals surface area contributed by atoms with Crippen LogP contribution in [-0.2, 0) is 19.4 Å². The maximum atomic E-state index is 13.0. The first-order chi connectivity index (χ1) is 11.3. The van der Waals surface area contributed by atoms with Gasteiger partial charge in [0.15, 0.2) is 9.84 Å². The Kier molecular flexibility index (Phi) is 5.71. The van der Waals surface area contributed by atoms with Crippen LogP contribution in [-0.4, -0.2) is 55.8 Å². The Labute approximate surface area is 140 Å². The quantitative estimate of drug-likeness (QED) is 0.803. The van der Waals surface area contributed by atoms with Crippen molar-refractivity contribution in [3.8, 4) is 0 Å². The van der Waals surface area contributed by atoms with E-state index in [4.69, 9.17) is 0 Å². The van der Waals surface area contributed by atoms with Gasteiger partial charge in [-0.2, -0.15) is 0 Å². The highest BCUT2D eigenvalue weighted by molar-refractivity contribution is 7.91. The van der Waals surface area contributed by atoms with Crippen LogP contribution >= 0.6 is 0 Å². The van der Waals surface area contributed by atoms with E-state index in [-0.39, 0.29) is 30.5 Å². The van der Waals surface area contributed by atoms with E-state index in [1.165, 1.54) is 35.3 Å². The Bertz CT molecular complexity index is 747. The van der Waals surface area contributed by atoms with Gasteiger partial charge in [-0.3, -0.25) is 9.59 Å². The molecule has 2 amide bonds. The molecule has 1 saturated heterocycles. The Hall–Kier alpha value is -2.22. The molecule has 1 aliphatic rings. The summed E-state index contributed by atoms with van der Waals surface area (Å²) < 4.78 is 35.8. The smallest absolute Gasteiger partial charge is 0.244 e. The molecule has 2 rings (SSSR count). The van der Waals surface area contributed by atoms with Crippen LogP contribution in [0.2, 0.25) is 0 Å². The zero-order valence-electron chi connectivity index (χ0n) is 13.2. The van der Waals surface area contributed by atoms with Gasteiger partial charge in [0.05, 0.1) is 11.5 Å². The zero-order valence-corrected chi connectivity index (χ0v) is 14.1. The SMILES string of the molecule is CC(NC(=O)C=Cc1cccc(F)c1)C(=O)N1CCS(=O)(=O)CC1. The van der Waals surface area contributed by atoms with Gasteiger partial charge in [0, 0.05) is 19.2 Å². The third kappa shape index (κ3) is 5.16. The summed E-state index contributed by atoms with van der Waals surface area (Å²) in [6, 6.07) is 5.00. The first-order valence-corrected chi connectivity index (χ1v) is 9.32. The summed E-state index contributed by atoms with van der Waals surface area (Å²) in [4.78, 5) is 25.5. The van der Waals surface area contributed by atoms with Crippen molar-refractivity contribution in [2.24, 2.45) is 0 Å². The number of nitrogens with one attached hydrogen (secondary N) is 1. The highest BCUT2D eigenvalue weighted by Crippen LogP contribution is 2.07. The van der Waals surface area contributed by atoms with Gasteiger partial charge in [-0.15, -0.1) is 0 Å². The molecule has 6 nitrogen and oxygen atoms in total. The van der Waals surface area contributed by atoms with Crippen molar-refractivity contribution in [2.45, 2.75) is 13.0 Å². The topological polar surface area (TPSA) is 83.6 Å². The number of benzene rings is 1. The van der Waals surface area contributed by atoms with E-state index in [0.29, 0.717) is 5.56 Å². The largest absolute Gasteiger partial charge is 0.341 e. The minimum atomic E-state index is -3.06. The van der Waals surface area contributed by atoms with Crippen molar-refractivity contribution in [2.75, 3.05) is 24.6 Å². The summed E-state index contributed by atoms with van der Waals surface area (Å²) in [7, 11) is -3.06. The van der Waals surface area contributed by atoms with Crippen molar-refractivity contribution < 1.29 is 22.4 Å². The summed E-state index contributed by atoms with van der Waals surface area (Å²) >= 11 is 0. The molecule has 0 bridgehead atoms.